The molecule has 0 spiro atoms. The molecule has 2 aromatic heterocycles. The Hall–Kier alpha value is -1.36. The fraction of sp³-hybridized carbons (Fsp3) is 0.143. The van der Waals surface area contributed by atoms with E-state index in [-0.39, 0.29) is 5.91 Å². The highest BCUT2D eigenvalue weighted by molar-refractivity contribution is 7.22. The van der Waals surface area contributed by atoms with Gasteiger partial charge in [0.05, 0.1) is 0 Å². The lowest BCUT2D eigenvalue weighted by molar-refractivity contribution is -0.114. The Kier molecular flexibility index (Phi) is 1.58. The van der Waals surface area contributed by atoms with Crippen molar-refractivity contribution in [2.45, 2.75) is 6.92 Å². The van der Waals surface area contributed by atoms with E-state index >= 15 is 0 Å². The first-order valence-electron chi connectivity index (χ1n) is 3.47. The van der Waals surface area contributed by atoms with E-state index in [1.807, 2.05) is 12.3 Å². The predicted molar refractivity (Wildman–Crippen MR) is 48.3 cm³/mol. The molecule has 0 radical (unpaired) electrons. The van der Waals surface area contributed by atoms with Gasteiger partial charge >= 0.3 is 0 Å². The molecule has 0 aliphatic heterocycles. The molecule has 2 heterocycles. The van der Waals surface area contributed by atoms with Crippen molar-refractivity contribution in [3.05, 3.63) is 12.3 Å². The fourth-order valence-electron chi connectivity index (χ4n) is 0.949. The van der Waals surface area contributed by atoms with E-state index in [4.69, 9.17) is 0 Å². The summed E-state index contributed by atoms with van der Waals surface area (Å²) in [5.41, 5.74) is 0.892. The van der Waals surface area contributed by atoms with E-state index in [0.29, 0.717) is 5.13 Å². The number of nitrogens with one attached hydrogen (secondary N) is 2. The highest BCUT2D eigenvalue weighted by Gasteiger charge is 2.04. The van der Waals surface area contributed by atoms with Gasteiger partial charge in [0.1, 0.15) is 10.3 Å². The Morgan fingerprint density at radius 3 is 3.25 bits per heavy atom. The van der Waals surface area contributed by atoms with Crippen molar-refractivity contribution >= 4 is 32.7 Å². The average molecular weight is 181 g/mol. The number of rotatable bonds is 1. The summed E-state index contributed by atoms with van der Waals surface area (Å²) in [5, 5.41) is 3.27. The van der Waals surface area contributed by atoms with Crippen LogP contribution in [0.3, 0.4) is 0 Å². The van der Waals surface area contributed by atoms with Crippen LogP contribution in [0, 0.1) is 0 Å². The predicted octanol–water partition coefficient (Wildman–Crippen LogP) is 1.58. The number of H-pyrrole nitrogens is 1. The van der Waals surface area contributed by atoms with E-state index in [1.54, 1.807) is 0 Å². The minimum Gasteiger partial charge on any atom is -0.352 e. The summed E-state index contributed by atoms with van der Waals surface area (Å²) in [6, 6.07) is 1.87. The fourth-order valence-corrected chi connectivity index (χ4v) is 1.83. The number of thiazole rings is 1. The Bertz CT molecular complexity index is 388. The van der Waals surface area contributed by atoms with Crippen molar-refractivity contribution in [2.24, 2.45) is 0 Å². The summed E-state index contributed by atoms with van der Waals surface area (Å²) in [5.74, 6) is -0.0913. The lowest BCUT2D eigenvalue weighted by Crippen LogP contribution is -2.04. The number of carbonyl (C=O) groups excluding carboxylic acids is 1. The van der Waals surface area contributed by atoms with Crippen LogP contribution in [0.4, 0.5) is 5.13 Å². The third-order valence-corrected chi connectivity index (χ3v) is 2.31. The van der Waals surface area contributed by atoms with E-state index in [9.17, 15) is 4.79 Å². The number of aromatic nitrogens is 2. The third kappa shape index (κ3) is 1.18. The summed E-state index contributed by atoms with van der Waals surface area (Å²) in [6.45, 7) is 1.47. The molecule has 0 saturated carbocycles. The van der Waals surface area contributed by atoms with Crippen molar-refractivity contribution in [3.8, 4) is 0 Å². The van der Waals surface area contributed by atoms with Crippen LogP contribution in [-0.2, 0) is 4.79 Å². The van der Waals surface area contributed by atoms with Gasteiger partial charge in [0, 0.05) is 13.1 Å². The molecule has 0 saturated heterocycles. The van der Waals surface area contributed by atoms with Crippen LogP contribution in [0.25, 0.3) is 10.3 Å². The first-order valence-corrected chi connectivity index (χ1v) is 4.29. The zero-order chi connectivity index (χ0) is 8.55. The van der Waals surface area contributed by atoms with Gasteiger partial charge in [-0.3, -0.25) is 4.79 Å². The Labute approximate surface area is 72.6 Å². The average Bonchev–Trinajstić information content (AvgIpc) is 2.43. The quantitative estimate of drug-likeness (QED) is 0.701. The highest BCUT2D eigenvalue weighted by Crippen LogP contribution is 2.23. The van der Waals surface area contributed by atoms with E-state index in [0.717, 1.165) is 10.3 Å². The first-order chi connectivity index (χ1) is 5.75. The molecule has 0 atom stereocenters. The van der Waals surface area contributed by atoms with E-state index < -0.39 is 0 Å². The van der Waals surface area contributed by atoms with Crippen LogP contribution >= 0.6 is 11.3 Å². The van der Waals surface area contributed by atoms with Gasteiger partial charge in [0.2, 0.25) is 5.91 Å². The maximum Gasteiger partial charge on any atom is 0.223 e. The summed E-state index contributed by atoms with van der Waals surface area (Å²) < 4.78 is 0. The molecule has 0 aliphatic carbocycles. The molecule has 4 nitrogen and oxygen atoms in total. The molecule has 0 bridgehead atoms. The van der Waals surface area contributed by atoms with Crippen LogP contribution in [-0.4, -0.2) is 15.9 Å². The number of fused-ring (bicyclic) bond motifs is 1. The van der Waals surface area contributed by atoms with Crippen molar-refractivity contribution in [1.29, 1.82) is 0 Å². The number of hydrogen-bond donors (Lipinski definition) is 2. The summed E-state index contributed by atoms with van der Waals surface area (Å²) >= 11 is 1.43. The lowest BCUT2D eigenvalue weighted by Gasteiger charge is -1.91. The van der Waals surface area contributed by atoms with Gasteiger partial charge in [-0.15, -0.1) is 0 Å². The first kappa shape index (κ1) is 7.30. The normalized spacial score (nSPS) is 10.4. The van der Waals surface area contributed by atoms with Crippen molar-refractivity contribution in [3.63, 3.8) is 0 Å². The van der Waals surface area contributed by atoms with Gasteiger partial charge < -0.3 is 10.3 Å². The van der Waals surface area contributed by atoms with Crippen LogP contribution in [0.15, 0.2) is 12.3 Å². The minimum absolute atomic E-state index is 0.0913. The molecule has 2 aromatic rings. The second-order valence-electron chi connectivity index (χ2n) is 2.39. The SMILES string of the molecule is CC(=O)Nc1nc2cc[nH]c2s1. The topological polar surface area (TPSA) is 57.8 Å². The number of carbonyl (C=O) groups is 1. The van der Waals surface area contributed by atoms with Gasteiger partial charge in [-0.25, -0.2) is 4.98 Å². The molecule has 62 valence electrons. The second kappa shape index (κ2) is 2.60. The molecular formula is C7H7N3OS. The number of amides is 1. The largest absolute Gasteiger partial charge is 0.352 e. The summed E-state index contributed by atoms with van der Waals surface area (Å²) in [6.07, 6.45) is 1.83. The zero-order valence-corrected chi connectivity index (χ0v) is 7.23. The van der Waals surface area contributed by atoms with Crippen LogP contribution in [0.5, 0.6) is 0 Å². The number of nitrogens with zero attached hydrogens (tertiary/aromatic N) is 1. The van der Waals surface area contributed by atoms with Gasteiger partial charge in [-0.05, 0) is 6.07 Å². The van der Waals surface area contributed by atoms with E-state index in [1.165, 1.54) is 18.3 Å². The van der Waals surface area contributed by atoms with Crippen molar-refractivity contribution < 1.29 is 4.79 Å². The Morgan fingerprint density at radius 1 is 1.75 bits per heavy atom. The van der Waals surface area contributed by atoms with Crippen molar-refractivity contribution in [2.75, 3.05) is 5.32 Å². The van der Waals surface area contributed by atoms with Crippen molar-refractivity contribution in [1.82, 2.24) is 9.97 Å². The summed E-state index contributed by atoms with van der Waals surface area (Å²) in [4.78, 5) is 18.8. The van der Waals surface area contributed by atoms with Crippen LogP contribution < -0.4 is 5.32 Å². The summed E-state index contributed by atoms with van der Waals surface area (Å²) in [7, 11) is 0. The maximum atomic E-state index is 10.7. The Morgan fingerprint density at radius 2 is 2.58 bits per heavy atom. The highest BCUT2D eigenvalue weighted by atomic mass is 32.1. The maximum absolute atomic E-state index is 10.7. The van der Waals surface area contributed by atoms with Gasteiger partial charge in [-0.1, -0.05) is 11.3 Å². The second-order valence-corrected chi connectivity index (χ2v) is 3.39. The smallest absolute Gasteiger partial charge is 0.223 e. The number of aromatic amines is 1. The van der Waals surface area contributed by atoms with Gasteiger partial charge in [0.25, 0.3) is 0 Å². The lowest BCUT2D eigenvalue weighted by atomic mass is 10.6. The monoisotopic (exact) mass is 181 g/mol. The zero-order valence-electron chi connectivity index (χ0n) is 6.42. The van der Waals surface area contributed by atoms with Gasteiger partial charge in [0.15, 0.2) is 5.13 Å². The number of anilines is 1. The molecule has 2 N–H and O–H groups in total. The van der Waals surface area contributed by atoms with Gasteiger partial charge in [-0.2, -0.15) is 0 Å². The molecule has 0 fully saturated rings. The van der Waals surface area contributed by atoms with Crippen LogP contribution in [0.1, 0.15) is 6.92 Å². The molecule has 2 rings (SSSR count). The third-order valence-electron chi connectivity index (χ3n) is 1.39. The minimum atomic E-state index is -0.0913. The standard InChI is InChI=1S/C7H7N3OS/c1-4(11)9-7-10-5-2-3-8-6(5)12-7/h2-3,8H,1H3,(H,9,10,11). The van der Waals surface area contributed by atoms with Crippen LogP contribution in [0.2, 0.25) is 0 Å². The molecule has 5 heteroatoms. The molecule has 1 amide bonds. The van der Waals surface area contributed by atoms with E-state index in [2.05, 4.69) is 15.3 Å². The molecule has 12 heavy (non-hydrogen) atoms. The molecule has 0 aromatic carbocycles. The molecule has 0 unspecified atom stereocenters. The Balaban J connectivity index is 2.38. The molecule has 0 aliphatic rings. The molecular weight excluding hydrogens is 174 g/mol. The number of hydrogen-bond acceptors (Lipinski definition) is 3.